The number of aromatic nitrogens is 1. The average molecular weight is 264 g/mol. The second-order valence-corrected chi connectivity index (χ2v) is 5.09. The summed E-state index contributed by atoms with van der Waals surface area (Å²) in [5.74, 6) is -0.233. The van der Waals surface area contributed by atoms with Crippen molar-refractivity contribution >= 4 is 11.7 Å². The molecule has 3 N–H and O–H groups in total. The Kier molecular flexibility index (Phi) is 4.74. The van der Waals surface area contributed by atoms with Gasteiger partial charge in [0.15, 0.2) is 0 Å². The molecule has 1 fully saturated rings. The van der Waals surface area contributed by atoms with Gasteiger partial charge in [-0.1, -0.05) is 12.8 Å². The van der Waals surface area contributed by atoms with Gasteiger partial charge in [0.25, 0.3) is 0 Å². The summed E-state index contributed by atoms with van der Waals surface area (Å²) in [6, 6.07) is 1.68. The molecule has 0 radical (unpaired) electrons. The number of carbonyl (C=O) groups is 1. The first-order valence-corrected chi connectivity index (χ1v) is 6.74. The predicted molar refractivity (Wildman–Crippen MR) is 72.2 cm³/mol. The molecule has 0 spiro atoms. The van der Waals surface area contributed by atoms with E-state index in [1.807, 2.05) is 0 Å². The van der Waals surface area contributed by atoms with Crippen LogP contribution in [0.1, 0.15) is 36.0 Å². The first kappa shape index (κ1) is 13.8. The fraction of sp³-hybridized carbons (Fsp3) is 0.571. The Morgan fingerprint density at radius 2 is 2.11 bits per heavy atom. The predicted octanol–water partition coefficient (Wildman–Crippen LogP) is 1.99. The number of nitrogens with zero attached hydrogens (tertiary/aromatic N) is 1. The SMILES string of the molecule is O=C(O)c1cnccc1NCC1CCCCC1CO. The van der Waals surface area contributed by atoms with Crippen LogP contribution >= 0.6 is 0 Å². The van der Waals surface area contributed by atoms with Gasteiger partial charge in [0.05, 0.1) is 5.69 Å². The van der Waals surface area contributed by atoms with Gasteiger partial charge in [-0.25, -0.2) is 4.79 Å². The Bertz CT molecular complexity index is 436. The van der Waals surface area contributed by atoms with Crippen molar-refractivity contribution in [1.29, 1.82) is 0 Å². The highest BCUT2D eigenvalue weighted by Gasteiger charge is 2.24. The van der Waals surface area contributed by atoms with Crippen LogP contribution in [0.4, 0.5) is 5.69 Å². The normalized spacial score (nSPS) is 23.0. The summed E-state index contributed by atoms with van der Waals surface area (Å²) in [5, 5.41) is 21.6. The Morgan fingerprint density at radius 3 is 2.79 bits per heavy atom. The second-order valence-electron chi connectivity index (χ2n) is 5.09. The summed E-state index contributed by atoms with van der Waals surface area (Å²) >= 11 is 0. The molecule has 0 aliphatic heterocycles. The van der Waals surface area contributed by atoms with E-state index in [4.69, 9.17) is 5.11 Å². The topological polar surface area (TPSA) is 82.5 Å². The Balaban J connectivity index is 2.00. The molecule has 0 amide bonds. The van der Waals surface area contributed by atoms with Crippen molar-refractivity contribution < 1.29 is 15.0 Å². The molecule has 2 atom stereocenters. The minimum Gasteiger partial charge on any atom is -0.478 e. The van der Waals surface area contributed by atoms with Gasteiger partial charge in [-0.3, -0.25) is 4.98 Å². The molecule has 1 saturated carbocycles. The van der Waals surface area contributed by atoms with Crippen LogP contribution in [0.5, 0.6) is 0 Å². The highest BCUT2D eigenvalue weighted by atomic mass is 16.4. The van der Waals surface area contributed by atoms with E-state index in [1.54, 1.807) is 12.3 Å². The van der Waals surface area contributed by atoms with Crippen LogP contribution in [-0.4, -0.2) is 34.3 Å². The van der Waals surface area contributed by atoms with Gasteiger partial charge >= 0.3 is 5.97 Å². The lowest BCUT2D eigenvalue weighted by molar-refractivity contribution is 0.0697. The molecule has 104 valence electrons. The van der Waals surface area contributed by atoms with Crippen molar-refractivity contribution in [2.24, 2.45) is 11.8 Å². The number of pyridine rings is 1. The molecule has 0 aromatic carbocycles. The highest BCUT2D eigenvalue weighted by Crippen LogP contribution is 2.30. The van der Waals surface area contributed by atoms with Gasteiger partial charge in [0.2, 0.25) is 0 Å². The van der Waals surface area contributed by atoms with Gasteiger partial charge in [-0.15, -0.1) is 0 Å². The zero-order chi connectivity index (χ0) is 13.7. The maximum atomic E-state index is 11.1. The minimum atomic E-state index is -0.974. The van der Waals surface area contributed by atoms with Crippen LogP contribution in [0.3, 0.4) is 0 Å². The van der Waals surface area contributed by atoms with Crippen molar-refractivity contribution in [3.8, 4) is 0 Å². The molecule has 2 unspecified atom stereocenters. The molecule has 5 heteroatoms. The number of aliphatic hydroxyl groups excluding tert-OH is 1. The maximum absolute atomic E-state index is 11.1. The Labute approximate surface area is 112 Å². The molecular weight excluding hydrogens is 244 g/mol. The summed E-state index contributed by atoms with van der Waals surface area (Å²) in [5.41, 5.74) is 0.795. The fourth-order valence-corrected chi connectivity index (χ4v) is 2.75. The number of anilines is 1. The molecule has 1 aliphatic carbocycles. The van der Waals surface area contributed by atoms with Crippen molar-refractivity contribution in [2.45, 2.75) is 25.7 Å². The molecule has 2 rings (SSSR count). The third kappa shape index (κ3) is 3.44. The molecule has 1 aromatic heterocycles. The van der Waals surface area contributed by atoms with Crippen LogP contribution in [0, 0.1) is 11.8 Å². The largest absolute Gasteiger partial charge is 0.478 e. The van der Waals surface area contributed by atoms with Gasteiger partial charge in [-0.05, 0) is 30.7 Å². The molecule has 19 heavy (non-hydrogen) atoms. The number of aromatic carboxylic acids is 1. The smallest absolute Gasteiger partial charge is 0.339 e. The van der Waals surface area contributed by atoms with Crippen molar-refractivity contribution in [3.63, 3.8) is 0 Å². The van der Waals surface area contributed by atoms with Crippen LogP contribution in [0.25, 0.3) is 0 Å². The van der Waals surface area contributed by atoms with E-state index in [0.717, 1.165) is 12.8 Å². The Hall–Kier alpha value is -1.62. The molecule has 1 heterocycles. The van der Waals surface area contributed by atoms with E-state index in [9.17, 15) is 9.90 Å². The molecule has 0 saturated heterocycles. The molecular formula is C14H20N2O3. The lowest BCUT2D eigenvalue weighted by atomic mass is 9.79. The van der Waals surface area contributed by atoms with Gasteiger partial charge in [0.1, 0.15) is 5.56 Å². The van der Waals surface area contributed by atoms with E-state index >= 15 is 0 Å². The van der Waals surface area contributed by atoms with Crippen molar-refractivity contribution in [1.82, 2.24) is 4.98 Å². The fourth-order valence-electron chi connectivity index (χ4n) is 2.75. The zero-order valence-corrected chi connectivity index (χ0v) is 10.9. The molecule has 0 bridgehead atoms. The summed E-state index contributed by atoms with van der Waals surface area (Å²) in [7, 11) is 0. The van der Waals surface area contributed by atoms with E-state index < -0.39 is 5.97 Å². The standard InChI is InChI=1S/C14H20N2O3/c17-9-11-4-2-1-3-10(11)7-16-13-5-6-15-8-12(13)14(18)19/h5-6,8,10-11,17H,1-4,7,9H2,(H,15,16)(H,18,19). The average Bonchev–Trinajstić information content (AvgIpc) is 2.45. The molecule has 1 aromatic rings. The van der Waals surface area contributed by atoms with E-state index in [1.165, 1.54) is 19.0 Å². The monoisotopic (exact) mass is 264 g/mol. The van der Waals surface area contributed by atoms with Crippen LogP contribution in [0.2, 0.25) is 0 Å². The second kappa shape index (κ2) is 6.52. The van der Waals surface area contributed by atoms with Gasteiger partial charge in [0, 0.05) is 25.5 Å². The zero-order valence-electron chi connectivity index (χ0n) is 10.9. The highest BCUT2D eigenvalue weighted by molar-refractivity contribution is 5.93. The lowest BCUT2D eigenvalue weighted by Gasteiger charge is -2.30. The number of aliphatic hydroxyl groups is 1. The lowest BCUT2D eigenvalue weighted by Crippen LogP contribution is -2.29. The van der Waals surface area contributed by atoms with Crippen LogP contribution in [0.15, 0.2) is 18.5 Å². The number of carboxylic acid groups (broad SMARTS) is 1. The first-order chi connectivity index (χ1) is 9.22. The summed E-state index contributed by atoms with van der Waals surface area (Å²) in [4.78, 5) is 14.9. The minimum absolute atomic E-state index is 0.193. The summed E-state index contributed by atoms with van der Waals surface area (Å²) in [6.45, 7) is 0.921. The third-order valence-electron chi connectivity index (χ3n) is 3.91. The number of rotatable bonds is 5. The van der Waals surface area contributed by atoms with Gasteiger partial charge < -0.3 is 15.5 Å². The van der Waals surface area contributed by atoms with E-state index in [2.05, 4.69) is 10.3 Å². The number of carboxylic acids is 1. The van der Waals surface area contributed by atoms with Crippen LogP contribution in [-0.2, 0) is 0 Å². The first-order valence-electron chi connectivity index (χ1n) is 6.74. The molecule has 1 aliphatic rings. The van der Waals surface area contributed by atoms with Crippen molar-refractivity contribution in [2.75, 3.05) is 18.5 Å². The summed E-state index contributed by atoms with van der Waals surface area (Å²) in [6.07, 6.45) is 7.45. The van der Waals surface area contributed by atoms with Gasteiger partial charge in [-0.2, -0.15) is 0 Å². The number of nitrogens with one attached hydrogen (secondary N) is 1. The van der Waals surface area contributed by atoms with E-state index in [-0.39, 0.29) is 12.2 Å². The van der Waals surface area contributed by atoms with Crippen LogP contribution < -0.4 is 5.32 Å². The quantitative estimate of drug-likeness (QED) is 0.757. The maximum Gasteiger partial charge on any atom is 0.339 e. The molecule has 5 nitrogen and oxygen atoms in total. The third-order valence-corrected chi connectivity index (χ3v) is 3.91. The number of hydrogen-bond donors (Lipinski definition) is 3. The van der Waals surface area contributed by atoms with E-state index in [0.29, 0.717) is 24.1 Å². The number of hydrogen-bond acceptors (Lipinski definition) is 4. The Morgan fingerprint density at radius 1 is 1.37 bits per heavy atom. The summed E-state index contributed by atoms with van der Waals surface area (Å²) < 4.78 is 0. The van der Waals surface area contributed by atoms with Crippen molar-refractivity contribution in [3.05, 3.63) is 24.0 Å².